The molecule has 0 amide bonds. The first-order valence-corrected chi connectivity index (χ1v) is 5.72. The lowest BCUT2D eigenvalue weighted by atomic mass is 10.1. The average Bonchev–Trinajstić information content (AvgIpc) is 2.31. The van der Waals surface area contributed by atoms with E-state index in [9.17, 15) is 4.79 Å². The fourth-order valence-electron chi connectivity index (χ4n) is 1.64. The molecule has 1 aromatic carbocycles. The minimum Gasteiger partial charge on any atom is -0.478 e. The summed E-state index contributed by atoms with van der Waals surface area (Å²) in [6.07, 6.45) is 0.974. The van der Waals surface area contributed by atoms with Crippen molar-refractivity contribution in [3.8, 4) is 0 Å². The fourth-order valence-corrected chi connectivity index (χ4v) is 1.64. The van der Waals surface area contributed by atoms with E-state index in [4.69, 9.17) is 5.11 Å². The van der Waals surface area contributed by atoms with Crippen LogP contribution in [0.3, 0.4) is 0 Å². The molecule has 1 N–H and O–H groups in total. The minimum absolute atomic E-state index is 0. The monoisotopic (exact) mass is 257 g/mol. The van der Waals surface area contributed by atoms with Crippen LogP contribution in [-0.2, 0) is 6.42 Å². The van der Waals surface area contributed by atoms with Crippen LogP contribution in [0, 0.1) is 0 Å². The van der Waals surface area contributed by atoms with Crippen molar-refractivity contribution in [1.82, 2.24) is 4.90 Å². The van der Waals surface area contributed by atoms with Crippen LogP contribution in [0.2, 0.25) is 0 Å². The maximum atomic E-state index is 10.7. The molecular formula is C13H20ClNO2. The van der Waals surface area contributed by atoms with Crippen LogP contribution in [0.5, 0.6) is 0 Å². The molecule has 4 heteroatoms. The molecule has 0 atom stereocenters. The summed E-state index contributed by atoms with van der Waals surface area (Å²) in [4.78, 5) is 13.0. The van der Waals surface area contributed by atoms with E-state index < -0.39 is 5.97 Å². The van der Waals surface area contributed by atoms with Crippen molar-refractivity contribution in [2.24, 2.45) is 0 Å². The number of carbonyl (C=O) groups is 1. The van der Waals surface area contributed by atoms with Gasteiger partial charge in [0.05, 0.1) is 5.56 Å². The summed E-state index contributed by atoms with van der Waals surface area (Å²) in [6.45, 7) is 7.45. The Bertz CT molecular complexity index is 334. The molecular weight excluding hydrogens is 238 g/mol. The van der Waals surface area contributed by atoms with Crippen LogP contribution < -0.4 is 0 Å². The van der Waals surface area contributed by atoms with E-state index in [0.29, 0.717) is 5.56 Å². The summed E-state index contributed by atoms with van der Waals surface area (Å²) < 4.78 is 0. The van der Waals surface area contributed by atoms with Crippen molar-refractivity contribution >= 4 is 18.4 Å². The molecule has 0 heterocycles. The molecule has 0 aliphatic heterocycles. The topological polar surface area (TPSA) is 40.5 Å². The molecule has 3 nitrogen and oxygen atoms in total. The maximum Gasteiger partial charge on any atom is 0.335 e. The Morgan fingerprint density at radius 2 is 1.71 bits per heavy atom. The van der Waals surface area contributed by atoms with Gasteiger partial charge in [-0.1, -0.05) is 26.0 Å². The highest BCUT2D eigenvalue weighted by molar-refractivity contribution is 5.87. The molecule has 17 heavy (non-hydrogen) atoms. The number of carboxylic acid groups (broad SMARTS) is 1. The molecule has 1 aromatic rings. The van der Waals surface area contributed by atoms with Gasteiger partial charge in [-0.2, -0.15) is 0 Å². The van der Waals surface area contributed by atoms with E-state index in [0.717, 1.165) is 26.1 Å². The third-order valence-corrected chi connectivity index (χ3v) is 2.81. The Morgan fingerprint density at radius 1 is 1.18 bits per heavy atom. The first-order chi connectivity index (χ1) is 7.67. The van der Waals surface area contributed by atoms with Crippen LogP contribution in [0.1, 0.15) is 29.8 Å². The fraction of sp³-hybridized carbons (Fsp3) is 0.462. The predicted molar refractivity (Wildman–Crippen MR) is 72.1 cm³/mol. The quantitative estimate of drug-likeness (QED) is 0.852. The van der Waals surface area contributed by atoms with Gasteiger partial charge in [0.1, 0.15) is 0 Å². The summed E-state index contributed by atoms with van der Waals surface area (Å²) in [5, 5.41) is 8.76. The van der Waals surface area contributed by atoms with E-state index >= 15 is 0 Å². The van der Waals surface area contributed by atoms with E-state index in [1.54, 1.807) is 12.1 Å². The van der Waals surface area contributed by atoms with E-state index in [-0.39, 0.29) is 12.4 Å². The van der Waals surface area contributed by atoms with Gasteiger partial charge in [-0.05, 0) is 37.2 Å². The number of hydrogen-bond acceptors (Lipinski definition) is 2. The summed E-state index contributed by atoms with van der Waals surface area (Å²) in [7, 11) is 0. The number of likely N-dealkylation sites (N-methyl/N-ethyl adjacent to an activating group) is 1. The zero-order valence-electron chi connectivity index (χ0n) is 10.3. The Hall–Kier alpha value is -1.06. The highest BCUT2D eigenvalue weighted by atomic mass is 35.5. The highest BCUT2D eigenvalue weighted by Gasteiger charge is 2.03. The first kappa shape index (κ1) is 15.9. The van der Waals surface area contributed by atoms with Crippen LogP contribution in [0.25, 0.3) is 0 Å². The molecule has 0 aliphatic rings. The average molecular weight is 258 g/mol. The second-order valence-electron chi connectivity index (χ2n) is 3.78. The summed E-state index contributed by atoms with van der Waals surface area (Å²) in [5.74, 6) is -0.865. The van der Waals surface area contributed by atoms with Crippen molar-refractivity contribution in [1.29, 1.82) is 0 Å². The molecule has 0 unspecified atom stereocenters. The zero-order chi connectivity index (χ0) is 12.0. The van der Waals surface area contributed by atoms with Crippen LogP contribution in [0.15, 0.2) is 24.3 Å². The number of hydrogen-bond donors (Lipinski definition) is 1. The van der Waals surface area contributed by atoms with Gasteiger partial charge in [-0.15, -0.1) is 12.4 Å². The Balaban J connectivity index is 0.00000256. The van der Waals surface area contributed by atoms with Crippen LogP contribution in [-0.4, -0.2) is 35.6 Å². The summed E-state index contributed by atoms with van der Waals surface area (Å²) in [6, 6.07) is 7.12. The Kier molecular flexibility index (Phi) is 7.59. The number of carboxylic acids is 1. The van der Waals surface area contributed by atoms with Gasteiger partial charge >= 0.3 is 5.97 Å². The number of rotatable bonds is 6. The molecule has 0 saturated carbocycles. The number of halogens is 1. The molecule has 0 bridgehead atoms. The second-order valence-corrected chi connectivity index (χ2v) is 3.78. The zero-order valence-corrected chi connectivity index (χ0v) is 11.2. The molecule has 0 saturated heterocycles. The van der Waals surface area contributed by atoms with Crippen LogP contribution >= 0.6 is 12.4 Å². The van der Waals surface area contributed by atoms with Gasteiger partial charge in [-0.25, -0.2) is 4.79 Å². The summed E-state index contributed by atoms with van der Waals surface area (Å²) in [5.41, 5.74) is 1.54. The minimum atomic E-state index is -0.865. The van der Waals surface area contributed by atoms with Crippen molar-refractivity contribution in [3.63, 3.8) is 0 Å². The van der Waals surface area contributed by atoms with Crippen molar-refractivity contribution in [2.75, 3.05) is 19.6 Å². The third-order valence-electron chi connectivity index (χ3n) is 2.81. The number of nitrogens with zero attached hydrogens (tertiary/aromatic N) is 1. The smallest absolute Gasteiger partial charge is 0.335 e. The number of aromatic carboxylic acids is 1. The Labute approximate surface area is 109 Å². The lowest BCUT2D eigenvalue weighted by Gasteiger charge is -2.17. The van der Waals surface area contributed by atoms with Gasteiger partial charge < -0.3 is 10.0 Å². The van der Waals surface area contributed by atoms with Gasteiger partial charge in [0.15, 0.2) is 0 Å². The molecule has 1 rings (SSSR count). The molecule has 0 aliphatic carbocycles. The lowest BCUT2D eigenvalue weighted by molar-refractivity contribution is 0.0697. The van der Waals surface area contributed by atoms with E-state index in [1.807, 2.05) is 12.1 Å². The SMILES string of the molecule is CCN(CC)CCc1ccc(C(=O)O)cc1.Cl. The lowest BCUT2D eigenvalue weighted by Crippen LogP contribution is -2.25. The summed E-state index contributed by atoms with van der Waals surface area (Å²) >= 11 is 0. The largest absolute Gasteiger partial charge is 0.478 e. The maximum absolute atomic E-state index is 10.7. The molecule has 0 aromatic heterocycles. The van der Waals surface area contributed by atoms with Gasteiger partial charge in [0.25, 0.3) is 0 Å². The van der Waals surface area contributed by atoms with Gasteiger partial charge in [0.2, 0.25) is 0 Å². The first-order valence-electron chi connectivity index (χ1n) is 5.72. The number of benzene rings is 1. The molecule has 0 spiro atoms. The van der Waals surface area contributed by atoms with Crippen molar-refractivity contribution in [2.45, 2.75) is 20.3 Å². The predicted octanol–water partition coefficient (Wildman–Crippen LogP) is 2.69. The second kappa shape index (κ2) is 8.09. The van der Waals surface area contributed by atoms with Crippen LogP contribution in [0.4, 0.5) is 0 Å². The third kappa shape index (κ3) is 5.20. The van der Waals surface area contributed by atoms with Crippen molar-refractivity contribution in [3.05, 3.63) is 35.4 Å². The van der Waals surface area contributed by atoms with Gasteiger partial charge in [-0.3, -0.25) is 0 Å². The Morgan fingerprint density at radius 3 is 2.12 bits per heavy atom. The van der Waals surface area contributed by atoms with Gasteiger partial charge in [0, 0.05) is 6.54 Å². The highest BCUT2D eigenvalue weighted by Crippen LogP contribution is 2.06. The normalized spacial score (nSPS) is 10.1. The van der Waals surface area contributed by atoms with Crippen molar-refractivity contribution < 1.29 is 9.90 Å². The van der Waals surface area contributed by atoms with E-state index in [2.05, 4.69) is 18.7 Å². The molecule has 0 radical (unpaired) electrons. The molecule has 96 valence electrons. The standard InChI is InChI=1S/C13H19NO2.ClH/c1-3-14(4-2)10-9-11-5-7-12(8-6-11)13(15)16;/h5-8H,3-4,9-10H2,1-2H3,(H,15,16);1H. The molecule has 0 fully saturated rings. The van der Waals surface area contributed by atoms with E-state index in [1.165, 1.54) is 5.56 Å².